The van der Waals surface area contributed by atoms with Crippen LogP contribution in [0.1, 0.15) is 200 Å². The van der Waals surface area contributed by atoms with E-state index in [9.17, 15) is 19.5 Å². The van der Waals surface area contributed by atoms with Gasteiger partial charge in [0.1, 0.15) is 13.2 Å². The molecule has 2 unspecified atom stereocenters. The van der Waals surface area contributed by atoms with Crippen LogP contribution in [0, 0.1) is 0 Å². The lowest BCUT2D eigenvalue weighted by Gasteiger charge is -2.26. The van der Waals surface area contributed by atoms with Crippen molar-refractivity contribution in [3.63, 3.8) is 0 Å². The van der Waals surface area contributed by atoms with Crippen LogP contribution >= 0.6 is 0 Å². The van der Waals surface area contributed by atoms with Gasteiger partial charge in [-0.3, -0.25) is 9.59 Å². The molecule has 0 fully saturated rings. The highest BCUT2D eigenvalue weighted by Gasteiger charge is 2.21. The van der Waals surface area contributed by atoms with E-state index in [0.717, 1.165) is 83.5 Å². The second-order valence-electron chi connectivity index (χ2n) is 18.1. The van der Waals surface area contributed by atoms with E-state index >= 15 is 0 Å². The molecule has 9 heteroatoms. The number of rotatable bonds is 46. The third-order valence-corrected chi connectivity index (χ3v) is 10.7. The van der Waals surface area contributed by atoms with Crippen LogP contribution in [-0.2, 0) is 33.3 Å². The molecule has 0 heterocycles. The Morgan fingerprint density at radius 3 is 1.33 bits per heavy atom. The Morgan fingerprint density at radius 2 is 0.891 bits per heavy atom. The summed E-state index contributed by atoms with van der Waals surface area (Å²) in [7, 11) is 5.91. The van der Waals surface area contributed by atoms with E-state index < -0.39 is 24.3 Å². The summed E-state index contributed by atoms with van der Waals surface area (Å²) in [6.45, 7) is 4.61. The first kappa shape index (κ1) is 60.7. The molecule has 0 aromatic carbocycles. The van der Waals surface area contributed by atoms with Gasteiger partial charge >= 0.3 is 11.9 Å². The molecule has 0 aromatic heterocycles. The fraction of sp³-hybridized carbons (Fsp3) is 0.727. The largest absolute Gasteiger partial charge is 0.545 e. The maximum absolute atomic E-state index is 12.8. The number of aliphatic carboxylic acids is 1. The van der Waals surface area contributed by atoms with Gasteiger partial charge in [-0.15, -0.1) is 0 Å². The van der Waals surface area contributed by atoms with Crippen molar-refractivity contribution in [3.05, 3.63) is 72.9 Å². The van der Waals surface area contributed by atoms with Crippen LogP contribution in [0.25, 0.3) is 0 Å². The van der Waals surface area contributed by atoms with Gasteiger partial charge in [0.2, 0.25) is 0 Å². The van der Waals surface area contributed by atoms with Gasteiger partial charge in [0, 0.05) is 12.8 Å². The fourth-order valence-corrected chi connectivity index (χ4v) is 6.77. The normalized spacial score (nSPS) is 13.5. The minimum atomic E-state index is -1.62. The average Bonchev–Trinajstić information content (AvgIpc) is 3.26. The molecule has 2 atom stereocenters. The van der Waals surface area contributed by atoms with Crippen molar-refractivity contribution in [2.45, 2.75) is 212 Å². The lowest BCUT2D eigenvalue weighted by molar-refractivity contribution is -0.870. The fourth-order valence-electron chi connectivity index (χ4n) is 6.77. The van der Waals surface area contributed by atoms with Crippen molar-refractivity contribution in [2.75, 3.05) is 47.5 Å². The minimum absolute atomic E-state index is 0.144. The molecule has 0 amide bonds. The van der Waals surface area contributed by atoms with E-state index in [2.05, 4.69) is 86.8 Å². The number of nitrogens with zero attached hydrogens (tertiary/aromatic N) is 1. The summed E-state index contributed by atoms with van der Waals surface area (Å²) >= 11 is 0. The standard InChI is InChI=1S/C55H95NO8/c1-6-8-10-12-14-16-18-20-21-22-23-24-25-26-27-28-29-30-31-32-33-34-36-38-40-42-44-46-53(58)64-51(50-63-55(54(59)60)61-48-47-56(3,4)5)49-62-52(57)45-43-41-39-37-35-19-17-15-13-11-9-7-2/h8,10,14,16,20-21,23-24,26-27,29-30,51,55H,6-7,9,11-13,15,17-19,22,25,28,31-50H2,1-5H3/b10-8-,16-14-,21-20-,24-23-,27-26-,30-29-. The third kappa shape index (κ3) is 46.7. The Hall–Kier alpha value is -3.27. The zero-order valence-electron chi connectivity index (χ0n) is 41.6. The van der Waals surface area contributed by atoms with Crippen LogP contribution in [0.15, 0.2) is 72.9 Å². The summed E-state index contributed by atoms with van der Waals surface area (Å²) < 4.78 is 22.6. The molecule has 0 radical (unpaired) electrons. The van der Waals surface area contributed by atoms with E-state index in [-0.39, 0.29) is 38.6 Å². The molecule has 0 saturated carbocycles. The predicted octanol–water partition coefficient (Wildman–Crippen LogP) is 12.9. The van der Waals surface area contributed by atoms with Gasteiger partial charge in [0.15, 0.2) is 12.4 Å². The molecule has 9 nitrogen and oxygen atoms in total. The number of carboxylic acids is 1. The summed E-state index contributed by atoms with van der Waals surface area (Å²) in [5, 5.41) is 11.7. The van der Waals surface area contributed by atoms with Gasteiger partial charge < -0.3 is 33.3 Å². The maximum Gasteiger partial charge on any atom is 0.306 e. The van der Waals surface area contributed by atoms with E-state index in [4.69, 9.17) is 18.9 Å². The summed E-state index contributed by atoms with van der Waals surface area (Å²) in [6.07, 6.45) is 55.1. The Kier molecular flexibility index (Phi) is 43.9. The van der Waals surface area contributed by atoms with Crippen molar-refractivity contribution < 1.29 is 42.9 Å². The average molecular weight is 898 g/mol. The van der Waals surface area contributed by atoms with Crippen LogP contribution < -0.4 is 5.11 Å². The molecular formula is C55H95NO8. The van der Waals surface area contributed by atoms with Crippen molar-refractivity contribution in [3.8, 4) is 0 Å². The topological polar surface area (TPSA) is 111 Å². The van der Waals surface area contributed by atoms with Crippen LogP contribution in [0.3, 0.4) is 0 Å². The molecule has 0 N–H and O–H groups in total. The van der Waals surface area contributed by atoms with Crippen molar-refractivity contribution in [1.82, 2.24) is 0 Å². The second kappa shape index (κ2) is 46.3. The SMILES string of the molecule is CC/C=C\C/C=C\C/C=C\C/C=C\C/C=C\C/C=C\CCCCCCCCCCC(=O)OC(COC(=O)CCCCCCCCCCCCCC)COC(OCC[N+](C)(C)C)C(=O)[O-]. The molecule has 0 aliphatic heterocycles. The van der Waals surface area contributed by atoms with E-state index in [1.807, 2.05) is 21.1 Å². The lowest BCUT2D eigenvalue weighted by atomic mass is 10.0. The van der Waals surface area contributed by atoms with Gasteiger partial charge in [-0.25, -0.2) is 0 Å². The number of likely N-dealkylation sites (N-methyl/N-ethyl adjacent to an activating group) is 1. The molecular weight excluding hydrogens is 803 g/mol. The molecule has 0 aliphatic carbocycles. The first-order chi connectivity index (χ1) is 31.1. The van der Waals surface area contributed by atoms with E-state index in [1.165, 1.54) is 83.5 Å². The molecule has 0 saturated heterocycles. The number of allylic oxidation sites excluding steroid dienone is 12. The van der Waals surface area contributed by atoms with Crippen molar-refractivity contribution >= 4 is 17.9 Å². The number of quaternary nitrogens is 1. The Balaban J connectivity index is 4.30. The third-order valence-electron chi connectivity index (χ3n) is 10.7. The number of hydrogen-bond donors (Lipinski definition) is 0. The number of unbranched alkanes of at least 4 members (excludes halogenated alkanes) is 19. The quantitative estimate of drug-likeness (QED) is 0.0195. The number of ether oxygens (including phenoxy) is 4. The number of carboxylic acid groups (broad SMARTS) is 1. The lowest BCUT2D eigenvalue weighted by Crippen LogP contribution is -2.44. The summed E-state index contributed by atoms with van der Waals surface area (Å²) in [4.78, 5) is 37.1. The Bertz CT molecular complexity index is 1280. The monoisotopic (exact) mass is 898 g/mol. The van der Waals surface area contributed by atoms with E-state index in [1.54, 1.807) is 0 Å². The highest BCUT2D eigenvalue weighted by atomic mass is 16.7. The van der Waals surface area contributed by atoms with Gasteiger partial charge in [0.05, 0.1) is 40.3 Å². The van der Waals surface area contributed by atoms with Crippen molar-refractivity contribution in [2.24, 2.45) is 0 Å². The van der Waals surface area contributed by atoms with Crippen LogP contribution in [0.4, 0.5) is 0 Å². The molecule has 368 valence electrons. The maximum atomic E-state index is 12.8. The van der Waals surface area contributed by atoms with Crippen LogP contribution in [0.5, 0.6) is 0 Å². The summed E-state index contributed by atoms with van der Waals surface area (Å²) in [6, 6.07) is 0. The van der Waals surface area contributed by atoms with Crippen LogP contribution in [-0.4, -0.2) is 82.3 Å². The van der Waals surface area contributed by atoms with Gasteiger partial charge in [-0.1, -0.05) is 196 Å². The smallest absolute Gasteiger partial charge is 0.306 e. The number of hydrogen-bond acceptors (Lipinski definition) is 8. The number of esters is 2. The Morgan fingerprint density at radius 1 is 0.484 bits per heavy atom. The summed E-state index contributed by atoms with van der Waals surface area (Å²) in [5.74, 6) is -2.30. The minimum Gasteiger partial charge on any atom is -0.545 e. The first-order valence-corrected chi connectivity index (χ1v) is 25.6. The summed E-state index contributed by atoms with van der Waals surface area (Å²) in [5.41, 5.74) is 0. The molecule has 0 bridgehead atoms. The second-order valence-corrected chi connectivity index (χ2v) is 18.1. The van der Waals surface area contributed by atoms with E-state index in [0.29, 0.717) is 17.4 Å². The molecule has 0 aromatic rings. The number of carbonyl (C=O) groups is 3. The highest BCUT2D eigenvalue weighted by molar-refractivity contribution is 5.70. The highest BCUT2D eigenvalue weighted by Crippen LogP contribution is 2.15. The molecule has 0 spiro atoms. The predicted molar refractivity (Wildman–Crippen MR) is 265 cm³/mol. The molecule has 0 rings (SSSR count). The molecule has 0 aliphatic rings. The Labute approximate surface area is 392 Å². The van der Waals surface area contributed by atoms with Gasteiger partial charge in [0.25, 0.3) is 0 Å². The zero-order chi connectivity index (χ0) is 47.0. The van der Waals surface area contributed by atoms with Crippen LogP contribution in [0.2, 0.25) is 0 Å². The number of carbonyl (C=O) groups excluding carboxylic acids is 3. The first-order valence-electron chi connectivity index (χ1n) is 25.6. The van der Waals surface area contributed by atoms with Gasteiger partial charge in [-0.05, 0) is 64.2 Å². The van der Waals surface area contributed by atoms with Crippen molar-refractivity contribution in [1.29, 1.82) is 0 Å². The zero-order valence-corrected chi connectivity index (χ0v) is 41.6. The molecule has 64 heavy (non-hydrogen) atoms. The van der Waals surface area contributed by atoms with Gasteiger partial charge in [-0.2, -0.15) is 0 Å².